The van der Waals surface area contributed by atoms with Crippen LogP contribution in [0.2, 0.25) is 0 Å². The molecule has 0 saturated heterocycles. The molecular weight excluding hydrogens is 222 g/mol. The second kappa shape index (κ2) is 4.71. The van der Waals surface area contributed by atoms with Gasteiger partial charge in [-0.2, -0.15) is 0 Å². The molecule has 5 nitrogen and oxygen atoms in total. The lowest BCUT2D eigenvalue weighted by molar-refractivity contribution is 0.0553. The molecular formula is C12H15NO4. The summed E-state index contributed by atoms with van der Waals surface area (Å²) in [5.74, 6) is -0.884. The monoisotopic (exact) mass is 237 g/mol. The van der Waals surface area contributed by atoms with Gasteiger partial charge in [0.25, 0.3) is 0 Å². The van der Waals surface area contributed by atoms with E-state index in [0.717, 1.165) is 12.8 Å². The highest BCUT2D eigenvalue weighted by Crippen LogP contribution is 2.26. The van der Waals surface area contributed by atoms with Gasteiger partial charge in [0.05, 0.1) is 6.10 Å². The minimum absolute atomic E-state index is 0.0934. The zero-order valence-electron chi connectivity index (χ0n) is 9.59. The van der Waals surface area contributed by atoms with Gasteiger partial charge in [-0.15, -0.1) is 0 Å². The lowest BCUT2D eigenvalue weighted by Gasteiger charge is -2.18. The van der Waals surface area contributed by atoms with E-state index in [1.54, 1.807) is 19.1 Å². The summed E-state index contributed by atoms with van der Waals surface area (Å²) in [4.78, 5) is 15.0. The third-order valence-electron chi connectivity index (χ3n) is 2.90. The number of ether oxygens (including phenoxy) is 1. The van der Waals surface area contributed by atoms with Gasteiger partial charge in [0.1, 0.15) is 6.10 Å². The molecule has 1 aliphatic carbocycles. The van der Waals surface area contributed by atoms with Gasteiger partial charge < -0.3 is 14.9 Å². The summed E-state index contributed by atoms with van der Waals surface area (Å²) in [5.41, 5.74) is 0.533. The van der Waals surface area contributed by atoms with Crippen molar-refractivity contribution < 1.29 is 19.7 Å². The van der Waals surface area contributed by atoms with Crippen LogP contribution >= 0.6 is 0 Å². The number of aliphatic hydroxyl groups excluding tert-OH is 1. The molecule has 92 valence electrons. The smallest absolute Gasteiger partial charge is 0.358 e. The van der Waals surface area contributed by atoms with Gasteiger partial charge in [0.15, 0.2) is 11.4 Å². The van der Waals surface area contributed by atoms with E-state index >= 15 is 0 Å². The van der Waals surface area contributed by atoms with Gasteiger partial charge >= 0.3 is 5.97 Å². The topological polar surface area (TPSA) is 79.7 Å². The molecule has 1 aliphatic rings. The second-order valence-electron chi connectivity index (χ2n) is 4.26. The standard InChI is InChI=1S/C12H15NO4/c1-7-5-6-10(11(13-7)12(15)16)17-9-4-2-3-8(9)14/h5-6,8-9,14H,2-4H2,1H3,(H,15,16). The van der Waals surface area contributed by atoms with Crippen LogP contribution in [-0.4, -0.2) is 33.4 Å². The van der Waals surface area contributed by atoms with Crippen LogP contribution in [0.1, 0.15) is 35.4 Å². The fourth-order valence-corrected chi connectivity index (χ4v) is 2.00. The largest absolute Gasteiger partial charge is 0.485 e. The zero-order valence-corrected chi connectivity index (χ0v) is 9.59. The third kappa shape index (κ3) is 2.55. The summed E-state index contributed by atoms with van der Waals surface area (Å²) < 4.78 is 5.54. The molecule has 2 atom stereocenters. The Morgan fingerprint density at radius 3 is 2.82 bits per heavy atom. The zero-order chi connectivity index (χ0) is 12.4. The van der Waals surface area contributed by atoms with E-state index in [9.17, 15) is 9.90 Å². The SMILES string of the molecule is Cc1ccc(OC2CCCC2O)c(C(=O)O)n1. The Morgan fingerprint density at radius 2 is 2.24 bits per heavy atom. The van der Waals surface area contributed by atoms with E-state index in [1.807, 2.05) is 0 Å². The highest BCUT2D eigenvalue weighted by atomic mass is 16.5. The summed E-state index contributed by atoms with van der Waals surface area (Å²) in [6.45, 7) is 1.72. The van der Waals surface area contributed by atoms with Gasteiger partial charge in [-0.25, -0.2) is 9.78 Å². The minimum Gasteiger partial charge on any atom is -0.485 e. The van der Waals surface area contributed by atoms with Crippen molar-refractivity contribution in [1.29, 1.82) is 0 Å². The molecule has 1 saturated carbocycles. The lowest BCUT2D eigenvalue weighted by Crippen LogP contribution is -2.26. The van der Waals surface area contributed by atoms with Gasteiger partial charge in [-0.3, -0.25) is 0 Å². The molecule has 0 bridgehead atoms. The highest BCUT2D eigenvalue weighted by Gasteiger charge is 2.28. The quantitative estimate of drug-likeness (QED) is 0.830. The van der Waals surface area contributed by atoms with E-state index < -0.39 is 12.1 Å². The van der Waals surface area contributed by atoms with Crippen LogP contribution < -0.4 is 4.74 Å². The van der Waals surface area contributed by atoms with E-state index in [4.69, 9.17) is 9.84 Å². The van der Waals surface area contributed by atoms with Crippen molar-refractivity contribution in [2.45, 2.75) is 38.4 Å². The average Bonchev–Trinajstić information content (AvgIpc) is 2.67. The van der Waals surface area contributed by atoms with Crippen LogP contribution in [0.5, 0.6) is 5.75 Å². The first kappa shape index (κ1) is 11.9. The van der Waals surface area contributed by atoms with Gasteiger partial charge in [0.2, 0.25) is 0 Å². The average molecular weight is 237 g/mol. The fourth-order valence-electron chi connectivity index (χ4n) is 2.00. The number of carboxylic acid groups (broad SMARTS) is 1. The molecule has 0 spiro atoms. The molecule has 2 unspecified atom stereocenters. The maximum atomic E-state index is 11.0. The summed E-state index contributed by atoms with van der Waals surface area (Å²) >= 11 is 0. The fraction of sp³-hybridized carbons (Fsp3) is 0.500. The van der Waals surface area contributed by atoms with E-state index in [-0.39, 0.29) is 17.5 Å². The van der Waals surface area contributed by atoms with Crippen molar-refractivity contribution in [3.05, 3.63) is 23.5 Å². The minimum atomic E-state index is -1.11. The Balaban J connectivity index is 2.22. The summed E-state index contributed by atoms with van der Waals surface area (Å²) in [5, 5.41) is 18.7. The normalized spacial score (nSPS) is 23.6. The first-order valence-corrected chi connectivity index (χ1v) is 5.63. The Bertz CT molecular complexity index is 433. The Hall–Kier alpha value is -1.62. The van der Waals surface area contributed by atoms with Crippen LogP contribution in [0, 0.1) is 6.92 Å². The second-order valence-corrected chi connectivity index (χ2v) is 4.26. The van der Waals surface area contributed by atoms with Crippen LogP contribution in [-0.2, 0) is 0 Å². The summed E-state index contributed by atoms with van der Waals surface area (Å²) in [6, 6.07) is 3.29. The van der Waals surface area contributed by atoms with E-state index in [0.29, 0.717) is 12.1 Å². The number of rotatable bonds is 3. The number of carboxylic acids is 1. The molecule has 1 fully saturated rings. The molecule has 2 rings (SSSR count). The summed E-state index contributed by atoms with van der Waals surface area (Å²) in [7, 11) is 0. The molecule has 2 N–H and O–H groups in total. The van der Waals surface area contributed by atoms with Crippen LogP contribution in [0.25, 0.3) is 0 Å². The van der Waals surface area contributed by atoms with Crippen molar-refractivity contribution in [2.75, 3.05) is 0 Å². The predicted molar refractivity (Wildman–Crippen MR) is 60.2 cm³/mol. The van der Waals surface area contributed by atoms with E-state index in [1.165, 1.54) is 0 Å². The lowest BCUT2D eigenvalue weighted by atomic mass is 10.2. The van der Waals surface area contributed by atoms with Crippen LogP contribution in [0.4, 0.5) is 0 Å². The maximum absolute atomic E-state index is 11.0. The van der Waals surface area contributed by atoms with Crippen molar-refractivity contribution in [3.63, 3.8) is 0 Å². The van der Waals surface area contributed by atoms with Crippen molar-refractivity contribution in [3.8, 4) is 5.75 Å². The number of pyridine rings is 1. The van der Waals surface area contributed by atoms with Crippen molar-refractivity contribution >= 4 is 5.97 Å². The number of nitrogens with zero attached hydrogens (tertiary/aromatic N) is 1. The van der Waals surface area contributed by atoms with Gasteiger partial charge in [0, 0.05) is 5.69 Å². The first-order valence-electron chi connectivity index (χ1n) is 5.63. The number of hydrogen-bond donors (Lipinski definition) is 2. The number of carbonyl (C=O) groups is 1. The molecule has 0 amide bonds. The van der Waals surface area contributed by atoms with Crippen molar-refractivity contribution in [1.82, 2.24) is 4.98 Å². The van der Waals surface area contributed by atoms with Crippen LogP contribution in [0.3, 0.4) is 0 Å². The number of hydrogen-bond acceptors (Lipinski definition) is 4. The van der Waals surface area contributed by atoms with Crippen LogP contribution in [0.15, 0.2) is 12.1 Å². The first-order chi connectivity index (χ1) is 8.08. The molecule has 1 aromatic heterocycles. The Labute approximate surface area is 99.1 Å². The van der Waals surface area contributed by atoms with Crippen molar-refractivity contribution in [2.24, 2.45) is 0 Å². The highest BCUT2D eigenvalue weighted by molar-refractivity contribution is 5.88. The van der Waals surface area contributed by atoms with E-state index in [2.05, 4.69) is 4.98 Å². The Kier molecular flexibility index (Phi) is 3.28. The molecule has 0 radical (unpaired) electrons. The van der Waals surface area contributed by atoms with Gasteiger partial charge in [-0.05, 0) is 38.3 Å². The molecule has 5 heteroatoms. The predicted octanol–water partition coefficient (Wildman–Crippen LogP) is 1.38. The number of aromatic nitrogens is 1. The number of aromatic carboxylic acids is 1. The number of aryl methyl sites for hydroxylation is 1. The molecule has 1 aromatic rings. The number of aliphatic hydroxyl groups is 1. The molecule has 0 aliphatic heterocycles. The molecule has 17 heavy (non-hydrogen) atoms. The molecule has 0 aromatic carbocycles. The van der Waals surface area contributed by atoms with Gasteiger partial charge in [-0.1, -0.05) is 0 Å². The summed E-state index contributed by atoms with van der Waals surface area (Å²) in [6.07, 6.45) is 1.50. The third-order valence-corrected chi connectivity index (χ3v) is 2.90. The maximum Gasteiger partial charge on any atom is 0.358 e. The molecule has 1 heterocycles. The Morgan fingerprint density at radius 1 is 1.47 bits per heavy atom.